The van der Waals surface area contributed by atoms with E-state index in [1.165, 1.54) is 10.1 Å². The van der Waals surface area contributed by atoms with Crippen molar-refractivity contribution in [3.63, 3.8) is 0 Å². The Kier molecular flexibility index (Phi) is 7.51. The third kappa shape index (κ3) is 5.88. The second-order valence-corrected chi connectivity index (χ2v) is 10.1. The van der Waals surface area contributed by atoms with Gasteiger partial charge in [0, 0.05) is 35.0 Å². The van der Waals surface area contributed by atoms with Crippen LogP contribution in [0.5, 0.6) is 17.2 Å². The summed E-state index contributed by atoms with van der Waals surface area (Å²) >= 11 is 0. The van der Waals surface area contributed by atoms with Crippen molar-refractivity contribution >= 4 is 28.7 Å². The first kappa shape index (κ1) is 26.2. The molecule has 1 aliphatic heterocycles. The van der Waals surface area contributed by atoms with Crippen molar-refractivity contribution in [3.8, 4) is 17.2 Å². The minimum Gasteiger partial charge on any atom is -0.487 e. The number of carbonyl (C=O) groups is 2. The van der Waals surface area contributed by atoms with Crippen LogP contribution in [0.4, 0.5) is 10.6 Å². The van der Waals surface area contributed by atoms with Crippen molar-refractivity contribution in [1.29, 1.82) is 0 Å². The number of aromatic nitrogens is 2. The number of amides is 2. The van der Waals surface area contributed by atoms with Gasteiger partial charge in [0.15, 0.2) is 11.5 Å². The normalized spacial score (nSPS) is 13.9. The molecule has 2 aromatic heterocycles. The first-order valence-electron chi connectivity index (χ1n) is 13.2. The highest BCUT2D eigenvalue weighted by Gasteiger charge is 2.18. The zero-order valence-electron chi connectivity index (χ0n) is 22.4. The maximum atomic E-state index is 12.9. The van der Waals surface area contributed by atoms with E-state index in [4.69, 9.17) is 15.2 Å². The number of primary amides is 1. The molecule has 0 radical (unpaired) electrons. The minimum atomic E-state index is -0.567. The standard InChI is InChI=1S/C30H33N5O4/c1-18(2)38-27-17-25-23(14-19(3)35(25)30(31)37)15-26(27)39-24-10-13-33-28(16-24)34-29(36)22-6-4-20(5-7-22)21-8-11-32-12-9-21/h4-7,10,13-18,21,32H,8-9,11-12H2,1-3H3,(H2,31,37)(H,33,34,36). The predicted molar refractivity (Wildman–Crippen MR) is 151 cm³/mol. The number of nitrogens with zero attached hydrogens (tertiary/aromatic N) is 2. The zero-order chi connectivity index (χ0) is 27.5. The molecule has 1 aliphatic rings. The van der Waals surface area contributed by atoms with Gasteiger partial charge in [0.1, 0.15) is 11.6 Å². The Morgan fingerprint density at radius 3 is 2.49 bits per heavy atom. The molecule has 0 saturated carbocycles. The molecule has 202 valence electrons. The highest BCUT2D eigenvalue weighted by Crippen LogP contribution is 2.38. The molecule has 0 aliphatic carbocycles. The van der Waals surface area contributed by atoms with E-state index in [0.717, 1.165) is 31.3 Å². The second kappa shape index (κ2) is 11.2. The molecule has 0 unspecified atom stereocenters. The van der Waals surface area contributed by atoms with E-state index in [9.17, 15) is 9.59 Å². The largest absolute Gasteiger partial charge is 0.487 e. The first-order chi connectivity index (χ1) is 18.8. The van der Waals surface area contributed by atoms with E-state index in [0.29, 0.717) is 45.8 Å². The van der Waals surface area contributed by atoms with Crippen LogP contribution >= 0.6 is 0 Å². The summed E-state index contributed by atoms with van der Waals surface area (Å²) < 4.78 is 13.6. The fourth-order valence-electron chi connectivity index (χ4n) is 4.99. The maximum absolute atomic E-state index is 12.9. The van der Waals surface area contributed by atoms with Crippen molar-refractivity contribution < 1.29 is 19.1 Å². The van der Waals surface area contributed by atoms with E-state index in [1.54, 1.807) is 24.4 Å². The fraction of sp³-hybridized carbons (Fsp3) is 0.300. The van der Waals surface area contributed by atoms with E-state index in [-0.39, 0.29) is 12.0 Å². The van der Waals surface area contributed by atoms with Gasteiger partial charge >= 0.3 is 6.03 Å². The molecule has 0 spiro atoms. The Balaban J connectivity index is 1.35. The van der Waals surface area contributed by atoms with Gasteiger partial charge in [0.25, 0.3) is 5.91 Å². The number of anilines is 1. The Labute approximate surface area is 227 Å². The molecule has 0 atom stereocenters. The number of rotatable bonds is 7. The smallest absolute Gasteiger partial charge is 0.323 e. The summed E-state index contributed by atoms with van der Waals surface area (Å²) in [5.41, 5.74) is 8.76. The molecule has 39 heavy (non-hydrogen) atoms. The number of piperidine rings is 1. The van der Waals surface area contributed by atoms with Gasteiger partial charge in [-0.05, 0) is 88.5 Å². The van der Waals surface area contributed by atoms with E-state index < -0.39 is 6.03 Å². The average molecular weight is 528 g/mol. The van der Waals surface area contributed by atoms with Crippen molar-refractivity contribution in [1.82, 2.24) is 14.9 Å². The number of nitrogens with two attached hydrogens (primary N) is 1. The number of ether oxygens (including phenoxy) is 2. The Morgan fingerprint density at radius 1 is 1.05 bits per heavy atom. The molecule has 9 nitrogen and oxygen atoms in total. The third-order valence-electron chi connectivity index (χ3n) is 6.82. The number of aryl methyl sites for hydroxylation is 1. The highest BCUT2D eigenvalue weighted by atomic mass is 16.5. The van der Waals surface area contributed by atoms with Gasteiger partial charge in [-0.3, -0.25) is 9.36 Å². The van der Waals surface area contributed by atoms with Crippen molar-refractivity contribution in [2.24, 2.45) is 5.73 Å². The van der Waals surface area contributed by atoms with E-state index >= 15 is 0 Å². The average Bonchev–Trinajstić information content (AvgIpc) is 3.24. The Morgan fingerprint density at radius 2 is 1.79 bits per heavy atom. The SMILES string of the molecule is Cc1cc2cc(Oc3ccnc(NC(=O)c4ccc(C5CCNCC5)cc4)c3)c(OC(C)C)cc2n1C(N)=O. The van der Waals surface area contributed by atoms with Crippen LogP contribution in [0.15, 0.2) is 60.8 Å². The van der Waals surface area contributed by atoms with Crippen molar-refractivity contribution in [3.05, 3.63) is 77.6 Å². The lowest BCUT2D eigenvalue weighted by molar-refractivity contribution is 0.102. The molecule has 2 amide bonds. The summed E-state index contributed by atoms with van der Waals surface area (Å²) in [6.45, 7) is 7.68. The molecule has 0 bridgehead atoms. The van der Waals surface area contributed by atoms with Crippen LogP contribution in [0.1, 0.15) is 54.2 Å². The summed E-state index contributed by atoms with van der Waals surface area (Å²) in [5.74, 6) is 2.05. The van der Waals surface area contributed by atoms with Gasteiger partial charge in [0.2, 0.25) is 0 Å². The van der Waals surface area contributed by atoms with Crippen LogP contribution in [0.3, 0.4) is 0 Å². The van der Waals surface area contributed by atoms with E-state index in [1.807, 2.05) is 57.2 Å². The van der Waals surface area contributed by atoms with Gasteiger partial charge in [-0.2, -0.15) is 0 Å². The zero-order valence-corrected chi connectivity index (χ0v) is 22.4. The van der Waals surface area contributed by atoms with E-state index in [2.05, 4.69) is 15.6 Å². The number of nitrogens with one attached hydrogen (secondary N) is 2. The molecule has 5 rings (SSSR count). The van der Waals surface area contributed by atoms with Crippen molar-refractivity contribution in [2.75, 3.05) is 18.4 Å². The summed E-state index contributed by atoms with van der Waals surface area (Å²) in [6.07, 6.45) is 3.66. The lowest BCUT2D eigenvalue weighted by Gasteiger charge is -2.23. The Bertz CT molecular complexity index is 1500. The molecule has 4 N–H and O–H groups in total. The quantitative estimate of drug-likeness (QED) is 0.289. The van der Waals surface area contributed by atoms with Crippen LogP contribution in [0.2, 0.25) is 0 Å². The third-order valence-corrected chi connectivity index (χ3v) is 6.82. The summed E-state index contributed by atoms with van der Waals surface area (Å²) in [5, 5.41) is 7.02. The first-order valence-corrected chi connectivity index (χ1v) is 13.2. The lowest BCUT2D eigenvalue weighted by atomic mass is 9.90. The number of hydrogen-bond acceptors (Lipinski definition) is 6. The summed E-state index contributed by atoms with van der Waals surface area (Å²) in [4.78, 5) is 29.2. The second-order valence-electron chi connectivity index (χ2n) is 10.1. The monoisotopic (exact) mass is 527 g/mol. The molecular formula is C30H33N5O4. The van der Waals surface area contributed by atoms with Crippen LogP contribution in [0.25, 0.3) is 10.9 Å². The van der Waals surface area contributed by atoms with Crippen molar-refractivity contribution in [2.45, 2.75) is 45.6 Å². The molecule has 2 aromatic carbocycles. The van der Waals surface area contributed by atoms with Gasteiger partial charge in [-0.1, -0.05) is 12.1 Å². The summed E-state index contributed by atoms with van der Waals surface area (Å²) in [7, 11) is 0. The fourth-order valence-corrected chi connectivity index (χ4v) is 4.99. The van der Waals surface area contributed by atoms with Crippen LogP contribution in [-0.4, -0.2) is 40.7 Å². The molecule has 4 aromatic rings. The maximum Gasteiger partial charge on any atom is 0.323 e. The predicted octanol–water partition coefficient (Wildman–Crippen LogP) is 5.57. The van der Waals surface area contributed by atoms with Gasteiger partial charge in [0.05, 0.1) is 11.6 Å². The molecule has 1 fully saturated rings. The topological polar surface area (TPSA) is 120 Å². The summed E-state index contributed by atoms with van der Waals surface area (Å²) in [6, 6.07) is 16.0. The molecule has 3 heterocycles. The van der Waals surface area contributed by atoms with Gasteiger partial charge < -0.3 is 25.8 Å². The minimum absolute atomic E-state index is 0.128. The number of pyridine rings is 1. The van der Waals surface area contributed by atoms with Crippen LogP contribution in [0, 0.1) is 6.92 Å². The Hall–Kier alpha value is -4.37. The number of benzene rings is 2. The van der Waals surface area contributed by atoms with Crippen LogP contribution in [-0.2, 0) is 0 Å². The molecular weight excluding hydrogens is 494 g/mol. The van der Waals surface area contributed by atoms with Gasteiger partial charge in [-0.25, -0.2) is 9.78 Å². The molecule has 1 saturated heterocycles. The number of hydrogen-bond donors (Lipinski definition) is 3. The van der Waals surface area contributed by atoms with Crippen LogP contribution < -0.4 is 25.8 Å². The van der Waals surface area contributed by atoms with Gasteiger partial charge in [-0.15, -0.1) is 0 Å². The highest BCUT2D eigenvalue weighted by molar-refractivity contribution is 6.03. The molecule has 9 heteroatoms. The number of carbonyl (C=O) groups excluding carboxylic acids is 2. The number of fused-ring (bicyclic) bond motifs is 1. The lowest BCUT2D eigenvalue weighted by Crippen LogP contribution is -2.26.